The summed E-state index contributed by atoms with van der Waals surface area (Å²) in [4.78, 5) is 16.5. The molecule has 3 heterocycles. The fourth-order valence-corrected chi connectivity index (χ4v) is 4.47. The highest BCUT2D eigenvalue weighted by Crippen LogP contribution is 2.30. The number of carbonyl (C=O) groups is 1. The van der Waals surface area contributed by atoms with Gasteiger partial charge in [-0.15, -0.1) is 0 Å². The molecule has 1 amide bonds. The van der Waals surface area contributed by atoms with Gasteiger partial charge in [-0.05, 0) is 43.9 Å². The topological polar surface area (TPSA) is 76.2 Å². The summed E-state index contributed by atoms with van der Waals surface area (Å²) in [5, 5.41) is 11.8. The number of anilines is 1. The van der Waals surface area contributed by atoms with Crippen LogP contribution >= 0.6 is 0 Å². The molecule has 0 saturated heterocycles. The fraction of sp³-hybridized carbons (Fsp3) is 0.348. The van der Waals surface area contributed by atoms with Crippen molar-refractivity contribution >= 4 is 28.3 Å². The smallest absolute Gasteiger partial charge is 0.368 e. The third-order valence-electron chi connectivity index (χ3n) is 6.09. The maximum Gasteiger partial charge on any atom is 0.434 e. The number of hydrogen-bond donors (Lipinski definition) is 2. The van der Waals surface area contributed by atoms with Crippen LogP contribution in [0.5, 0.6) is 0 Å². The molecule has 2 N–H and O–H groups in total. The number of benzene rings is 1. The molecule has 172 valence electrons. The predicted molar refractivity (Wildman–Crippen MR) is 118 cm³/mol. The van der Waals surface area contributed by atoms with Gasteiger partial charge in [0.15, 0.2) is 5.69 Å². The van der Waals surface area contributed by atoms with E-state index >= 15 is 0 Å². The van der Waals surface area contributed by atoms with Crippen LogP contribution in [-0.4, -0.2) is 37.2 Å². The second-order valence-electron chi connectivity index (χ2n) is 8.48. The van der Waals surface area contributed by atoms with Gasteiger partial charge >= 0.3 is 6.18 Å². The Morgan fingerprint density at radius 1 is 1.03 bits per heavy atom. The van der Waals surface area contributed by atoms with Gasteiger partial charge in [-0.25, -0.2) is 4.98 Å². The highest BCUT2D eigenvalue weighted by Gasteiger charge is 2.34. The number of carbonyl (C=O) groups excluding carboxylic acids is 1. The molecule has 4 aromatic rings. The monoisotopic (exact) mass is 456 g/mol. The first kappa shape index (κ1) is 21.3. The maximum absolute atomic E-state index is 13.0. The lowest BCUT2D eigenvalue weighted by molar-refractivity contribution is -0.140. The van der Waals surface area contributed by atoms with Crippen molar-refractivity contribution in [3.63, 3.8) is 0 Å². The third-order valence-corrected chi connectivity index (χ3v) is 6.09. The molecule has 0 unspecified atom stereocenters. The van der Waals surface area contributed by atoms with Gasteiger partial charge in [-0.3, -0.25) is 13.9 Å². The van der Waals surface area contributed by atoms with E-state index in [9.17, 15) is 18.0 Å². The minimum absolute atomic E-state index is 0.0374. The van der Waals surface area contributed by atoms with Crippen molar-refractivity contribution in [1.82, 2.24) is 24.5 Å². The zero-order chi connectivity index (χ0) is 23.2. The van der Waals surface area contributed by atoms with E-state index in [0.29, 0.717) is 16.9 Å². The summed E-state index contributed by atoms with van der Waals surface area (Å²) >= 11 is 0. The summed E-state index contributed by atoms with van der Waals surface area (Å²) in [5.74, 6) is 0.434. The highest BCUT2D eigenvalue weighted by atomic mass is 19.4. The molecule has 1 aliphatic rings. The first-order valence-electron chi connectivity index (χ1n) is 10.8. The summed E-state index contributed by atoms with van der Waals surface area (Å²) in [7, 11) is 1.82. The first-order chi connectivity index (χ1) is 15.8. The average Bonchev–Trinajstić information content (AvgIpc) is 3.38. The number of amides is 1. The van der Waals surface area contributed by atoms with Crippen molar-refractivity contribution < 1.29 is 18.0 Å². The molecule has 1 fully saturated rings. The van der Waals surface area contributed by atoms with Gasteiger partial charge in [0.05, 0.1) is 5.56 Å². The van der Waals surface area contributed by atoms with E-state index in [4.69, 9.17) is 0 Å². The van der Waals surface area contributed by atoms with Crippen LogP contribution in [0.4, 0.5) is 19.0 Å². The number of imidazole rings is 1. The number of aryl methyl sites for hydroxylation is 1. The Hall–Kier alpha value is -3.56. The van der Waals surface area contributed by atoms with E-state index in [2.05, 4.69) is 20.7 Å². The Morgan fingerprint density at radius 2 is 1.76 bits per heavy atom. The summed E-state index contributed by atoms with van der Waals surface area (Å²) in [5.41, 5.74) is 0.572. The predicted octanol–water partition coefficient (Wildman–Crippen LogP) is 4.39. The van der Waals surface area contributed by atoms with Gasteiger partial charge in [0.25, 0.3) is 5.91 Å². The standard InChI is InChI=1S/C23H23F3N6O/c1-31-12-14-4-2-5-17(21(14)30-31)22(33)28-16-10-8-15(9-11-16)27-19-6-3-7-20-29-18(13-32(19)20)23(24,25)26/h2-7,12-13,15-16,27H,8-11H2,1H3,(H,28,33). The Bertz CT molecular complexity index is 1320. The second kappa shape index (κ2) is 8.09. The number of nitrogens with one attached hydrogen (secondary N) is 2. The lowest BCUT2D eigenvalue weighted by Crippen LogP contribution is -2.40. The number of rotatable bonds is 4. The van der Waals surface area contributed by atoms with Crippen LogP contribution in [0.1, 0.15) is 41.7 Å². The summed E-state index contributed by atoms with van der Waals surface area (Å²) in [6, 6.07) is 10.7. The van der Waals surface area contributed by atoms with Crippen LogP contribution in [0, 0.1) is 0 Å². The zero-order valence-corrected chi connectivity index (χ0v) is 17.9. The molecule has 33 heavy (non-hydrogen) atoms. The van der Waals surface area contributed by atoms with E-state index in [0.717, 1.165) is 37.3 Å². The molecule has 1 saturated carbocycles. The molecular formula is C23H23F3N6O. The number of fused-ring (bicyclic) bond motifs is 2. The van der Waals surface area contributed by atoms with Crippen LogP contribution in [0.15, 0.2) is 48.8 Å². The first-order valence-corrected chi connectivity index (χ1v) is 10.8. The lowest BCUT2D eigenvalue weighted by Gasteiger charge is -2.30. The molecule has 0 aliphatic heterocycles. The van der Waals surface area contributed by atoms with Crippen LogP contribution < -0.4 is 10.6 Å². The molecule has 0 spiro atoms. The second-order valence-corrected chi connectivity index (χ2v) is 8.48. The van der Waals surface area contributed by atoms with Crippen molar-refractivity contribution in [2.24, 2.45) is 7.05 Å². The van der Waals surface area contributed by atoms with Crippen molar-refractivity contribution in [3.05, 3.63) is 60.0 Å². The van der Waals surface area contributed by atoms with Crippen LogP contribution in [0.25, 0.3) is 16.6 Å². The Morgan fingerprint density at radius 3 is 2.52 bits per heavy atom. The summed E-state index contributed by atoms with van der Waals surface area (Å²) in [6.07, 6.45) is 1.53. The minimum atomic E-state index is -4.49. The maximum atomic E-state index is 13.0. The molecule has 0 atom stereocenters. The van der Waals surface area contributed by atoms with Gasteiger partial charge in [0.1, 0.15) is 17.0 Å². The normalized spacial score (nSPS) is 19.2. The Kier molecular flexibility index (Phi) is 5.22. The van der Waals surface area contributed by atoms with E-state index < -0.39 is 11.9 Å². The van der Waals surface area contributed by atoms with Crippen molar-refractivity contribution in [2.45, 2.75) is 43.9 Å². The van der Waals surface area contributed by atoms with E-state index in [1.807, 2.05) is 25.4 Å². The van der Waals surface area contributed by atoms with Crippen LogP contribution in [-0.2, 0) is 13.2 Å². The minimum Gasteiger partial charge on any atom is -0.368 e. The van der Waals surface area contributed by atoms with Gasteiger partial charge in [-0.1, -0.05) is 18.2 Å². The Labute approximate surface area is 187 Å². The third kappa shape index (κ3) is 4.24. The highest BCUT2D eigenvalue weighted by molar-refractivity contribution is 6.05. The molecule has 1 aromatic carbocycles. The molecule has 5 rings (SSSR count). The number of pyridine rings is 1. The summed E-state index contributed by atoms with van der Waals surface area (Å²) in [6.45, 7) is 0. The van der Waals surface area contributed by atoms with E-state index in [1.165, 1.54) is 4.40 Å². The molecule has 3 aromatic heterocycles. The van der Waals surface area contributed by atoms with Crippen LogP contribution in [0.2, 0.25) is 0 Å². The van der Waals surface area contributed by atoms with Crippen molar-refractivity contribution in [2.75, 3.05) is 5.32 Å². The fourth-order valence-electron chi connectivity index (χ4n) is 4.47. The van der Waals surface area contributed by atoms with E-state index in [-0.39, 0.29) is 23.6 Å². The lowest BCUT2D eigenvalue weighted by atomic mass is 9.91. The molecule has 7 nitrogen and oxygen atoms in total. The number of nitrogens with zero attached hydrogens (tertiary/aromatic N) is 4. The van der Waals surface area contributed by atoms with Gasteiger partial charge < -0.3 is 10.6 Å². The largest absolute Gasteiger partial charge is 0.434 e. The quantitative estimate of drug-likeness (QED) is 0.478. The van der Waals surface area contributed by atoms with Crippen molar-refractivity contribution in [3.8, 4) is 0 Å². The molecular weight excluding hydrogens is 433 g/mol. The number of halogens is 3. The molecule has 1 aliphatic carbocycles. The average molecular weight is 456 g/mol. The molecule has 10 heteroatoms. The number of hydrogen-bond acceptors (Lipinski definition) is 4. The number of aromatic nitrogens is 4. The molecule has 0 bridgehead atoms. The number of alkyl halides is 3. The SMILES string of the molecule is Cn1cc2cccc(C(=O)NC3CCC(Nc4cccc5nc(C(F)(F)F)cn45)CC3)c2n1. The zero-order valence-electron chi connectivity index (χ0n) is 17.9. The van der Waals surface area contributed by atoms with E-state index in [1.54, 1.807) is 28.9 Å². The van der Waals surface area contributed by atoms with Gasteiger partial charge in [0.2, 0.25) is 0 Å². The van der Waals surface area contributed by atoms with Gasteiger partial charge in [0, 0.05) is 36.9 Å². The van der Waals surface area contributed by atoms with Crippen molar-refractivity contribution in [1.29, 1.82) is 0 Å². The Balaban J connectivity index is 1.23. The van der Waals surface area contributed by atoms with Crippen LogP contribution in [0.3, 0.4) is 0 Å². The molecule has 0 radical (unpaired) electrons. The van der Waals surface area contributed by atoms with Gasteiger partial charge in [-0.2, -0.15) is 18.3 Å². The summed E-state index contributed by atoms with van der Waals surface area (Å²) < 4.78 is 42.2.